The molecule has 0 aliphatic carbocycles. The van der Waals surface area contributed by atoms with Crippen LogP contribution >= 0.6 is 0 Å². The van der Waals surface area contributed by atoms with Crippen molar-refractivity contribution in [1.29, 1.82) is 0 Å². The molecule has 0 spiro atoms. The van der Waals surface area contributed by atoms with Gasteiger partial charge >= 0.3 is 0 Å². The average molecular weight is 997 g/mol. The molecule has 11 aromatic rings. The van der Waals surface area contributed by atoms with Gasteiger partial charge in [0.2, 0.25) is 0 Å². The zero-order valence-corrected chi connectivity index (χ0v) is 44.5. The Kier molecular flexibility index (Phi) is 10.3. The Morgan fingerprint density at radius 1 is 0.408 bits per heavy atom. The molecule has 4 heteroatoms. The summed E-state index contributed by atoms with van der Waals surface area (Å²) < 4.78 is 81.0. The number of fused-ring (bicyclic) bond motifs is 1. The second-order valence-corrected chi connectivity index (χ2v) is 22.6. The van der Waals surface area contributed by atoms with Crippen molar-refractivity contribution in [1.82, 2.24) is 14.5 Å². The lowest BCUT2D eigenvalue weighted by atomic mass is 9.79. The normalized spacial score (nSPS) is 13.7. The van der Waals surface area contributed by atoms with Crippen molar-refractivity contribution < 1.29 is 17.4 Å². The summed E-state index contributed by atoms with van der Waals surface area (Å²) in [6, 6.07) is 50.5. The molecule has 9 aromatic carbocycles. The minimum Gasteiger partial charge on any atom is -0.507 e. The average Bonchev–Trinajstić information content (AvgIpc) is 1.89. The van der Waals surface area contributed by atoms with Gasteiger partial charge < -0.3 is 5.11 Å². The molecule has 0 aliphatic rings. The Hall–Kier alpha value is -8.60. The number of benzene rings is 9. The first-order valence-electron chi connectivity index (χ1n) is 30.3. The largest absolute Gasteiger partial charge is 0.507 e. The van der Waals surface area contributed by atoms with Crippen LogP contribution in [0.1, 0.15) is 91.3 Å². The van der Waals surface area contributed by atoms with Gasteiger partial charge in [-0.25, -0.2) is 4.98 Å². The van der Waals surface area contributed by atoms with Crippen LogP contribution < -0.4 is 0 Å². The molecule has 0 aliphatic heterocycles. The minimum atomic E-state index is -0.640. The zero-order valence-electron chi connectivity index (χ0n) is 53.5. The molecule has 0 radical (unpaired) electrons. The van der Waals surface area contributed by atoms with E-state index in [0.717, 1.165) is 66.8 Å². The van der Waals surface area contributed by atoms with Gasteiger partial charge in [-0.2, -0.15) is 0 Å². The fourth-order valence-electron chi connectivity index (χ4n) is 9.92. The molecule has 0 fully saturated rings. The van der Waals surface area contributed by atoms with E-state index >= 15 is 0 Å². The standard InChI is InChI=1S/C72H65N3O/c1-70(2,3)58-35-32-51(33-36-58)53-34-37-65(61(43-53)52-24-17-12-18-25-52)75-66-27-19-26-60(67(66)74-69(75)62-45-59(71(4,5)6)46-63(68(62)76)72(7,8)9)56-40-55(48-22-15-11-16-23-48)41-57(42-56)64-44-54(38-39-73-64)50-30-28-49(29-31-50)47-20-13-10-14-21-47/h10-46,76H,1-9H3/i10D,13D,14D,20D,21D,28D,29D,30D,31D. The van der Waals surface area contributed by atoms with Crippen LogP contribution in [-0.4, -0.2) is 19.6 Å². The molecule has 0 atom stereocenters. The number of rotatable bonds is 9. The maximum atomic E-state index is 12.8. The maximum absolute atomic E-state index is 12.8. The topological polar surface area (TPSA) is 50.9 Å². The van der Waals surface area contributed by atoms with Crippen LogP contribution in [0, 0.1) is 0 Å². The fraction of sp³-hybridized carbons (Fsp3) is 0.167. The summed E-state index contributed by atoms with van der Waals surface area (Å²) in [4.78, 5) is 10.6. The molecule has 2 aromatic heterocycles. The smallest absolute Gasteiger partial charge is 0.149 e. The van der Waals surface area contributed by atoms with Crippen molar-refractivity contribution in [2.45, 2.75) is 78.6 Å². The van der Waals surface area contributed by atoms with Gasteiger partial charge in [-0.05, 0) is 138 Å². The Balaban J connectivity index is 1.16. The van der Waals surface area contributed by atoms with Crippen LogP contribution in [0.3, 0.4) is 0 Å². The third kappa shape index (κ3) is 9.80. The number of pyridine rings is 1. The maximum Gasteiger partial charge on any atom is 0.149 e. The molecule has 0 amide bonds. The predicted molar refractivity (Wildman–Crippen MR) is 320 cm³/mol. The summed E-state index contributed by atoms with van der Waals surface area (Å²) in [6.07, 6.45) is 1.56. The zero-order chi connectivity index (χ0) is 60.8. The van der Waals surface area contributed by atoms with Crippen molar-refractivity contribution in [3.05, 3.63) is 241 Å². The molecule has 1 N–H and O–H groups in total. The van der Waals surface area contributed by atoms with Gasteiger partial charge in [-0.3, -0.25) is 9.55 Å². The van der Waals surface area contributed by atoms with Gasteiger partial charge in [0.15, 0.2) is 0 Å². The molecule has 76 heavy (non-hydrogen) atoms. The lowest BCUT2D eigenvalue weighted by Gasteiger charge is -2.27. The first kappa shape index (κ1) is 39.8. The van der Waals surface area contributed by atoms with Crippen molar-refractivity contribution >= 4 is 11.0 Å². The number of aromatic nitrogens is 3. The molecule has 2 heterocycles. The van der Waals surface area contributed by atoms with E-state index in [1.807, 2.05) is 66.7 Å². The molecule has 0 saturated carbocycles. The van der Waals surface area contributed by atoms with Gasteiger partial charge in [0.1, 0.15) is 11.6 Å². The van der Waals surface area contributed by atoms with Gasteiger partial charge in [0.05, 0.1) is 40.3 Å². The minimum absolute atomic E-state index is 0.00778. The molecular formula is C72H65N3O. The lowest BCUT2D eigenvalue weighted by Crippen LogP contribution is -2.17. The number of aromatic hydroxyl groups is 1. The van der Waals surface area contributed by atoms with Crippen molar-refractivity contribution in [3.8, 4) is 101 Å². The molecule has 4 nitrogen and oxygen atoms in total. The Labute approximate surface area is 461 Å². The van der Waals surface area contributed by atoms with Crippen LogP contribution in [0.4, 0.5) is 0 Å². The summed E-state index contributed by atoms with van der Waals surface area (Å²) in [7, 11) is 0. The highest BCUT2D eigenvalue weighted by molar-refractivity contribution is 5.99. The summed E-state index contributed by atoms with van der Waals surface area (Å²) >= 11 is 0. The molecule has 374 valence electrons. The van der Waals surface area contributed by atoms with Gasteiger partial charge in [-0.15, -0.1) is 0 Å². The number of para-hydroxylation sites is 1. The quantitative estimate of drug-likeness (QED) is 0.157. The molecule has 0 bridgehead atoms. The van der Waals surface area contributed by atoms with Crippen LogP contribution in [0.15, 0.2) is 224 Å². The first-order chi connectivity index (χ1) is 40.2. The number of phenols is 1. The van der Waals surface area contributed by atoms with Crippen LogP contribution in [0.2, 0.25) is 0 Å². The number of nitrogens with zero attached hydrogens (tertiary/aromatic N) is 3. The van der Waals surface area contributed by atoms with Crippen LogP contribution in [0.5, 0.6) is 5.75 Å². The Morgan fingerprint density at radius 3 is 1.64 bits per heavy atom. The highest BCUT2D eigenvalue weighted by Gasteiger charge is 2.30. The predicted octanol–water partition coefficient (Wildman–Crippen LogP) is 19.4. The Bertz CT molecular complexity index is 4400. The van der Waals surface area contributed by atoms with Crippen LogP contribution in [0.25, 0.3) is 106 Å². The summed E-state index contributed by atoms with van der Waals surface area (Å²) in [5.74, 6) is 0.711. The van der Waals surface area contributed by atoms with Crippen molar-refractivity contribution in [2.75, 3.05) is 0 Å². The summed E-state index contributed by atoms with van der Waals surface area (Å²) in [5.41, 5.74) is 13.5. The van der Waals surface area contributed by atoms with E-state index in [2.05, 4.69) is 152 Å². The van der Waals surface area contributed by atoms with Crippen molar-refractivity contribution in [3.63, 3.8) is 0 Å². The molecular weight excluding hydrogens is 923 g/mol. The van der Waals surface area contributed by atoms with E-state index in [-0.39, 0.29) is 27.7 Å². The SMILES string of the molecule is [2H]c1c([2H])c([2H])c(-c2c([2H])c([2H])c(-c3ccnc(-c4cc(-c5ccccc5)cc(-c5cccc6c5nc(-c5cc(C(C)(C)C)cc(C(C)(C)C)c5O)n6-c5ccc(-c6ccc(C(C)(C)C)cc6)cc5-c5ccccc5)c4)c3)c([2H])c2[2H])c([2H])c1[2H]. The van der Waals surface area contributed by atoms with Crippen molar-refractivity contribution in [2.24, 2.45) is 0 Å². The second-order valence-electron chi connectivity index (χ2n) is 22.6. The monoisotopic (exact) mass is 997 g/mol. The van der Waals surface area contributed by atoms with E-state index in [1.54, 1.807) is 18.3 Å². The Morgan fingerprint density at radius 2 is 0.987 bits per heavy atom. The highest BCUT2D eigenvalue weighted by atomic mass is 16.3. The fourth-order valence-corrected chi connectivity index (χ4v) is 9.92. The van der Waals surface area contributed by atoms with E-state index < -0.39 is 65.4 Å². The highest BCUT2D eigenvalue weighted by Crippen LogP contribution is 2.46. The number of imidazole rings is 1. The molecule has 11 rings (SSSR count). The van der Waals surface area contributed by atoms with Crippen LogP contribution in [-0.2, 0) is 16.2 Å². The van der Waals surface area contributed by atoms with E-state index in [9.17, 15) is 7.85 Å². The van der Waals surface area contributed by atoms with Gasteiger partial charge in [0.25, 0.3) is 0 Å². The van der Waals surface area contributed by atoms with E-state index in [0.29, 0.717) is 33.7 Å². The molecule has 0 unspecified atom stereocenters. The molecule has 0 saturated heterocycles. The number of phenolic OH excluding ortho intramolecular Hbond substituents is 1. The van der Waals surface area contributed by atoms with Gasteiger partial charge in [-0.1, -0.05) is 226 Å². The number of hydrogen-bond donors (Lipinski definition) is 1. The number of hydrogen-bond acceptors (Lipinski definition) is 3. The third-order valence-corrected chi connectivity index (χ3v) is 14.2. The summed E-state index contributed by atoms with van der Waals surface area (Å²) in [6.45, 7) is 19.5. The van der Waals surface area contributed by atoms with E-state index in [1.165, 1.54) is 5.56 Å². The first-order valence-corrected chi connectivity index (χ1v) is 25.8. The lowest BCUT2D eigenvalue weighted by molar-refractivity contribution is 0.446. The second kappa shape index (κ2) is 19.6. The third-order valence-electron chi connectivity index (χ3n) is 14.2. The summed E-state index contributed by atoms with van der Waals surface area (Å²) in [5, 5.41) is 12.8. The van der Waals surface area contributed by atoms with E-state index in [4.69, 9.17) is 19.6 Å². The van der Waals surface area contributed by atoms with Gasteiger partial charge in [0, 0.05) is 28.5 Å².